The Kier molecular flexibility index (Phi) is 3.94. The van der Waals surface area contributed by atoms with Gasteiger partial charge in [-0.3, -0.25) is 0 Å². The van der Waals surface area contributed by atoms with E-state index in [4.69, 9.17) is 0 Å². The molecular weight excluding hydrogens is 362 g/mol. The molecule has 0 spiro atoms. The molecule has 0 aromatic rings. The van der Waals surface area contributed by atoms with Crippen LogP contribution in [0.1, 0.15) is 33.1 Å². The van der Waals surface area contributed by atoms with Crippen molar-refractivity contribution < 1.29 is 0 Å². The Morgan fingerprint density at radius 2 is 1.91 bits per heavy atom. The molecular formula is C9H16I2. The van der Waals surface area contributed by atoms with Gasteiger partial charge in [0.25, 0.3) is 0 Å². The SMILES string of the molecule is CC(C)C1([C@H](I)CCI)CC1. The van der Waals surface area contributed by atoms with Crippen molar-refractivity contribution >= 4 is 45.2 Å². The first-order valence-electron chi connectivity index (χ1n) is 4.33. The first-order valence-corrected chi connectivity index (χ1v) is 7.10. The fraction of sp³-hybridized carbons (Fsp3) is 1.00. The molecule has 11 heavy (non-hydrogen) atoms. The van der Waals surface area contributed by atoms with Gasteiger partial charge in [0.1, 0.15) is 0 Å². The second kappa shape index (κ2) is 4.11. The molecule has 0 aromatic heterocycles. The standard InChI is InChI=1S/C9H16I2/c1-7(2)9(4-5-9)8(11)3-6-10/h7-8H,3-6H2,1-2H3/t8-/m1/s1. The van der Waals surface area contributed by atoms with Gasteiger partial charge in [-0.2, -0.15) is 0 Å². The topological polar surface area (TPSA) is 0 Å². The normalized spacial score (nSPS) is 23.7. The van der Waals surface area contributed by atoms with Gasteiger partial charge in [0.15, 0.2) is 0 Å². The van der Waals surface area contributed by atoms with Gasteiger partial charge in [0, 0.05) is 8.35 Å². The average Bonchev–Trinajstić information content (AvgIpc) is 2.66. The molecule has 0 unspecified atom stereocenters. The lowest BCUT2D eigenvalue weighted by molar-refractivity contribution is 0.352. The van der Waals surface area contributed by atoms with Gasteiger partial charge in [-0.25, -0.2) is 0 Å². The highest BCUT2D eigenvalue weighted by Crippen LogP contribution is 2.58. The fourth-order valence-electron chi connectivity index (χ4n) is 1.78. The van der Waals surface area contributed by atoms with E-state index in [0.717, 1.165) is 15.3 Å². The average molecular weight is 378 g/mol. The van der Waals surface area contributed by atoms with E-state index in [-0.39, 0.29) is 0 Å². The van der Waals surface area contributed by atoms with Crippen LogP contribution in [0.3, 0.4) is 0 Å². The molecule has 0 N–H and O–H groups in total. The Bertz CT molecular complexity index is 128. The lowest BCUT2D eigenvalue weighted by atomic mass is 9.88. The highest BCUT2D eigenvalue weighted by atomic mass is 127. The maximum absolute atomic E-state index is 2.66. The third kappa shape index (κ3) is 2.23. The van der Waals surface area contributed by atoms with Crippen LogP contribution >= 0.6 is 45.2 Å². The zero-order chi connectivity index (χ0) is 8.48. The van der Waals surface area contributed by atoms with Crippen LogP contribution in [0.15, 0.2) is 0 Å². The number of hydrogen-bond donors (Lipinski definition) is 0. The first-order chi connectivity index (χ1) is 5.13. The lowest BCUT2D eigenvalue weighted by Crippen LogP contribution is -2.21. The zero-order valence-electron chi connectivity index (χ0n) is 7.24. The van der Waals surface area contributed by atoms with E-state index in [0.29, 0.717) is 0 Å². The molecule has 0 nitrogen and oxygen atoms in total. The minimum Gasteiger partial charge on any atom is -0.0863 e. The van der Waals surface area contributed by atoms with Gasteiger partial charge in [-0.15, -0.1) is 0 Å². The maximum atomic E-state index is 2.66. The molecule has 0 aliphatic heterocycles. The molecule has 1 saturated carbocycles. The molecule has 1 atom stereocenters. The van der Waals surface area contributed by atoms with Crippen LogP contribution in [0, 0.1) is 11.3 Å². The molecule has 1 aliphatic carbocycles. The van der Waals surface area contributed by atoms with Gasteiger partial charge in [0.2, 0.25) is 0 Å². The van der Waals surface area contributed by atoms with E-state index in [2.05, 4.69) is 59.0 Å². The summed E-state index contributed by atoms with van der Waals surface area (Å²) in [5.41, 5.74) is 0.742. The molecule has 0 saturated heterocycles. The molecule has 0 bridgehead atoms. The van der Waals surface area contributed by atoms with Crippen molar-refractivity contribution in [3.05, 3.63) is 0 Å². The number of halogens is 2. The number of hydrogen-bond acceptors (Lipinski definition) is 0. The summed E-state index contributed by atoms with van der Waals surface area (Å²) in [5, 5.41) is 0. The van der Waals surface area contributed by atoms with Crippen molar-refractivity contribution in [1.29, 1.82) is 0 Å². The monoisotopic (exact) mass is 378 g/mol. The van der Waals surface area contributed by atoms with Crippen LogP contribution < -0.4 is 0 Å². The van der Waals surface area contributed by atoms with Crippen LogP contribution in [0.5, 0.6) is 0 Å². The third-order valence-corrected chi connectivity index (χ3v) is 5.45. The molecule has 2 heteroatoms. The van der Waals surface area contributed by atoms with Gasteiger partial charge >= 0.3 is 0 Å². The minimum atomic E-state index is 0.742. The van der Waals surface area contributed by atoms with Gasteiger partial charge in [-0.1, -0.05) is 59.0 Å². The van der Waals surface area contributed by atoms with Crippen molar-refractivity contribution in [3.8, 4) is 0 Å². The molecule has 0 amide bonds. The smallest absolute Gasteiger partial charge is 0.0176 e. The molecule has 0 heterocycles. The van der Waals surface area contributed by atoms with E-state index in [1.807, 2.05) is 0 Å². The Balaban J connectivity index is 2.44. The Morgan fingerprint density at radius 1 is 1.36 bits per heavy atom. The van der Waals surface area contributed by atoms with E-state index in [1.165, 1.54) is 23.7 Å². The van der Waals surface area contributed by atoms with Crippen LogP contribution in [-0.4, -0.2) is 8.35 Å². The molecule has 1 rings (SSSR count). The van der Waals surface area contributed by atoms with Crippen LogP contribution in [-0.2, 0) is 0 Å². The van der Waals surface area contributed by atoms with E-state index < -0.39 is 0 Å². The molecule has 1 fully saturated rings. The largest absolute Gasteiger partial charge is 0.0863 e. The van der Waals surface area contributed by atoms with Crippen molar-refractivity contribution in [2.45, 2.75) is 37.0 Å². The molecule has 0 aromatic carbocycles. The second-order valence-electron chi connectivity index (χ2n) is 3.83. The van der Waals surface area contributed by atoms with Crippen molar-refractivity contribution in [2.75, 3.05) is 4.43 Å². The summed E-state index contributed by atoms with van der Waals surface area (Å²) in [6.45, 7) is 4.76. The molecule has 0 radical (unpaired) electrons. The number of alkyl halides is 2. The second-order valence-corrected chi connectivity index (χ2v) is 6.42. The Morgan fingerprint density at radius 3 is 2.18 bits per heavy atom. The summed E-state index contributed by atoms with van der Waals surface area (Å²) < 4.78 is 2.25. The van der Waals surface area contributed by atoms with Crippen molar-refractivity contribution in [2.24, 2.45) is 11.3 Å². The van der Waals surface area contributed by atoms with Crippen molar-refractivity contribution in [1.82, 2.24) is 0 Å². The van der Waals surface area contributed by atoms with Gasteiger partial charge in [0.05, 0.1) is 0 Å². The first kappa shape index (κ1) is 10.5. The van der Waals surface area contributed by atoms with Gasteiger partial charge in [-0.05, 0) is 30.6 Å². The summed E-state index contributed by atoms with van der Waals surface area (Å²) in [7, 11) is 0. The van der Waals surface area contributed by atoms with E-state index in [1.54, 1.807) is 0 Å². The highest BCUT2D eigenvalue weighted by Gasteiger charge is 2.49. The lowest BCUT2D eigenvalue weighted by Gasteiger charge is -2.25. The Hall–Kier alpha value is 1.46. The van der Waals surface area contributed by atoms with Crippen LogP contribution in [0.25, 0.3) is 0 Å². The highest BCUT2D eigenvalue weighted by molar-refractivity contribution is 14.1. The summed E-state index contributed by atoms with van der Waals surface area (Å²) in [6, 6.07) is 0. The van der Waals surface area contributed by atoms with Crippen LogP contribution in [0.2, 0.25) is 0 Å². The zero-order valence-corrected chi connectivity index (χ0v) is 11.6. The maximum Gasteiger partial charge on any atom is 0.0176 e. The quantitative estimate of drug-likeness (QED) is 0.512. The summed E-state index contributed by atoms with van der Waals surface area (Å²) in [6.07, 6.45) is 4.36. The Labute approximate surface area is 97.2 Å². The van der Waals surface area contributed by atoms with Gasteiger partial charge < -0.3 is 0 Å². The fourth-order valence-corrected chi connectivity index (χ4v) is 5.25. The summed E-state index contributed by atoms with van der Waals surface area (Å²) >= 11 is 5.15. The third-order valence-electron chi connectivity index (χ3n) is 2.96. The molecule has 66 valence electrons. The molecule has 1 aliphatic rings. The predicted molar refractivity (Wildman–Crippen MR) is 67.8 cm³/mol. The van der Waals surface area contributed by atoms with E-state index in [9.17, 15) is 0 Å². The summed E-state index contributed by atoms with van der Waals surface area (Å²) in [4.78, 5) is 0. The van der Waals surface area contributed by atoms with Crippen LogP contribution in [0.4, 0.5) is 0 Å². The minimum absolute atomic E-state index is 0.742. The van der Waals surface area contributed by atoms with Crippen molar-refractivity contribution in [3.63, 3.8) is 0 Å². The predicted octanol–water partition coefficient (Wildman–Crippen LogP) is 4.05. The number of rotatable bonds is 4. The van der Waals surface area contributed by atoms with E-state index >= 15 is 0 Å². The summed E-state index contributed by atoms with van der Waals surface area (Å²) in [5.74, 6) is 0.896.